The second-order valence-corrected chi connectivity index (χ2v) is 7.71. The lowest BCUT2D eigenvalue weighted by molar-refractivity contribution is -0.192. The Bertz CT molecular complexity index is 834. The van der Waals surface area contributed by atoms with Gasteiger partial charge >= 0.3 is 12.1 Å². The summed E-state index contributed by atoms with van der Waals surface area (Å²) in [4.78, 5) is 15.6. The molecule has 2 heterocycles. The number of aliphatic carboxylic acids is 1. The molecule has 10 heteroatoms. The number of alkyl halides is 3. The van der Waals surface area contributed by atoms with E-state index in [-0.39, 0.29) is 5.54 Å². The molecular weight excluding hydrogens is 375 g/mol. The van der Waals surface area contributed by atoms with Crippen LogP contribution in [0.1, 0.15) is 19.8 Å². The SMILES string of the molecule is CC1(N)CC2(CN(c3nc4cc(Cl)ccc4o3)C2)C1.O=C(O)C(F)(F)F. The first-order valence-corrected chi connectivity index (χ1v) is 8.17. The molecular formula is C16H17ClF3N3O3. The number of nitrogens with two attached hydrogens (primary N) is 1. The summed E-state index contributed by atoms with van der Waals surface area (Å²) < 4.78 is 37.5. The summed E-state index contributed by atoms with van der Waals surface area (Å²) in [5, 5.41) is 7.81. The standard InChI is InChI=1S/C14H16ClN3O.C2HF3O2/c1-13(16)5-14(6-13)7-18(8-14)12-17-10-4-9(15)2-3-11(10)19-12;3-2(4,5)1(6)7/h2-4H,5-8,16H2,1H3;(H,6,7). The Labute approximate surface area is 151 Å². The Hall–Kier alpha value is -2.00. The molecule has 6 nitrogen and oxygen atoms in total. The number of carboxylic acid groups (broad SMARTS) is 1. The lowest BCUT2D eigenvalue weighted by Crippen LogP contribution is -2.70. The van der Waals surface area contributed by atoms with Crippen LogP contribution in [0.15, 0.2) is 22.6 Å². The lowest BCUT2D eigenvalue weighted by Gasteiger charge is -2.61. The smallest absolute Gasteiger partial charge is 0.475 e. The summed E-state index contributed by atoms with van der Waals surface area (Å²) in [6, 6.07) is 6.22. The largest absolute Gasteiger partial charge is 0.490 e. The Morgan fingerprint density at radius 2 is 1.96 bits per heavy atom. The van der Waals surface area contributed by atoms with Crippen molar-refractivity contribution in [2.24, 2.45) is 11.1 Å². The van der Waals surface area contributed by atoms with Crippen LogP contribution in [0, 0.1) is 5.41 Å². The van der Waals surface area contributed by atoms with Gasteiger partial charge in [0.2, 0.25) is 0 Å². The fraction of sp³-hybridized carbons (Fsp3) is 0.500. The van der Waals surface area contributed by atoms with Gasteiger partial charge in [-0.1, -0.05) is 11.6 Å². The van der Waals surface area contributed by atoms with E-state index in [0.29, 0.717) is 16.5 Å². The van der Waals surface area contributed by atoms with E-state index >= 15 is 0 Å². The van der Waals surface area contributed by atoms with Gasteiger partial charge in [0, 0.05) is 29.1 Å². The summed E-state index contributed by atoms with van der Waals surface area (Å²) in [6.07, 6.45) is -2.88. The zero-order valence-corrected chi connectivity index (χ0v) is 14.6. The van der Waals surface area contributed by atoms with Crippen molar-refractivity contribution >= 4 is 34.7 Å². The van der Waals surface area contributed by atoms with Crippen molar-refractivity contribution in [1.82, 2.24) is 4.98 Å². The van der Waals surface area contributed by atoms with E-state index in [2.05, 4.69) is 16.8 Å². The maximum absolute atomic E-state index is 10.6. The molecule has 2 fully saturated rings. The molecule has 2 aromatic rings. The number of aromatic nitrogens is 1. The predicted molar refractivity (Wildman–Crippen MR) is 89.2 cm³/mol. The zero-order valence-electron chi connectivity index (χ0n) is 13.8. The Kier molecular flexibility index (Phi) is 4.35. The molecule has 1 aromatic heterocycles. The minimum absolute atomic E-state index is 0.0287. The van der Waals surface area contributed by atoms with Crippen LogP contribution in [0.25, 0.3) is 11.1 Å². The van der Waals surface area contributed by atoms with Gasteiger partial charge in [0.25, 0.3) is 6.01 Å². The topological polar surface area (TPSA) is 92.6 Å². The van der Waals surface area contributed by atoms with Crippen LogP contribution >= 0.6 is 11.6 Å². The molecule has 3 N–H and O–H groups in total. The molecule has 1 aliphatic carbocycles. The summed E-state index contributed by atoms with van der Waals surface area (Å²) in [5.41, 5.74) is 8.14. The van der Waals surface area contributed by atoms with E-state index in [0.717, 1.165) is 37.0 Å². The molecule has 142 valence electrons. The first kappa shape index (κ1) is 18.8. The molecule has 1 spiro atoms. The number of oxazole rings is 1. The molecule has 1 saturated carbocycles. The number of rotatable bonds is 1. The van der Waals surface area contributed by atoms with Crippen LogP contribution in [-0.4, -0.2) is 40.9 Å². The zero-order chi connectivity index (χ0) is 19.3. The molecule has 1 aliphatic heterocycles. The molecule has 0 amide bonds. The minimum atomic E-state index is -5.08. The van der Waals surface area contributed by atoms with Gasteiger partial charge in [0.05, 0.1) is 0 Å². The van der Waals surface area contributed by atoms with Crippen molar-refractivity contribution in [3.63, 3.8) is 0 Å². The fourth-order valence-electron chi connectivity index (χ4n) is 3.81. The van der Waals surface area contributed by atoms with Crippen LogP contribution in [0.4, 0.5) is 19.2 Å². The highest BCUT2D eigenvalue weighted by Crippen LogP contribution is 2.53. The maximum Gasteiger partial charge on any atom is 0.490 e. The molecule has 1 saturated heterocycles. The van der Waals surface area contributed by atoms with Crippen LogP contribution in [0.5, 0.6) is 0 Å². The van der Waals surface area contributed by atoms with Gasteiger partial charge in [-0.3, -0.25) is 0 Å². The lowest BCUT2D eigenvalue weighted by atomic mass is 9.55. The maximum atomic E-state index is 10.6. The Morgan fingerprint density at radius 3 is 2.46 bits per heavy atom. The van der Waals surface area contributed by atoms with Crippen LogP contribution < -0.4 is 10.6 Å². The quantitative estimate of drug-likeness (QED) is 0.773. The van der Waals surface area contributed by atoms with Crippen LogP contribution in [-0.2, 0) is 4.79 Å². The number of carbonyl (C=O) groups is 1. The number of nitrogens with zero attached hydrogens (tertiary/aromatic N) is 2. The Balaban J connectivity index is 0.000000242. The molecule has 0 bridgehead atoms. The van der Waals surface area contributed by atoms with Crippen molar-refractivity contribution in [2.75, 3.05) is 18.0 Å². The van der Waals surface area contributed by atoms with E-state index in [1.807, 2.05) is 18.2 Å². The monoisotopic (exact) mass is 391 g/mol. The van der Waals surface area contributed by atoms with Gasteiger partial charge in [0.15, 0.2) is 5.58 Å². The first-order valence-electron chi connectivity index (χ1n) is 7.79. The summed E-state index contributed by atoms with van der Waals surface area (Å²) in [5.74, 6) is -2.76. The molecule has 4 rings (SSSR count). The van der Waals surface area contributed by atoms with Gasteiger partial charge in [0.1, 0.15) is 5.52 Å². The first-order chi connectivity index (χ1) is 11.9. The number of fused-ring (bicyclic) bond motifs is 1. The number of benzene rings is 1. The third-order valence-corrected chi connectivity index (χ3v) is 4.70. The van der Waals surface area contributed by atoms with Crippen molar-refractivity contribution < 1.29 is 27.5 Å². The van der Waals surface area contributed by atoms with E-state index in [1.54, 1.807) is 0 Å². The average Bonchev–Trinajstić information content (AvgIpc) is 2.83. The van der Waals surface area contributed by atoms with Crippen molar-refractivity contribution in [2.45, 2.75) is 31.5 Å². The highest BCUT2D eigenvalue weighted by molar-refractivity contribution is 6.31. The molecule has 0 atom stereocenters. The molecule has 1 aromatic carbocycles. The highest BCUT2D eigenvalue weighted by atomic mass is 35.5. The number of anilines is 1. The normalized spacial score (nSPS) is 20.2. The molecule has 26 heavy (non-hydrogen) atoms. The second-order valence-electron chi connectivity index (χ2n) is 7.28. The van der Waals surface area contributed by atoms with Crippen molar-refractivity contribution in [1.29, 1.82) is 0 Å². The van der Waals surface area contributed by atoms with Crippen molar-refractivity contribution in [3.05, 3.63) is 23.2 Å². The molecule has 2 aliphatic rings. The van der Waals surface area contributed by atoms with Gasteiger partial charge in [-0.15, -0.1) is 0 Å². The summed E-state index contributed by atoms with van der Waals surface area (Å²) in [6.45, 7) is 4.13. The second kappa shape index (κ2) is 6.02. The van der Waals surface area contributed by atoms with Gasteiger partial charge < -0.3 is 20.2 Å². The molecule has 0 unspecified atom stereocenters. The van der Waals surface area contributed by atoms with E-state index in [9.17, 15) is 13.2 Å². The van der Waals surface area contributed by atoms with Gasteiger partial charge in [-0.25, -0.2) is 4.79 Å². The summed E-state index contributed by atoms with van der Waals surface area (Å²) in [7, 11) is 0. The number of hydrogen-bond donors (Lipinski definition) is 2. The average molecular weight is 392 g/mol. The summed E-state index contributed by atoms with van der Waals surface area (Å²) >= 11 is 5.95. The van der Waals surface area contributed by atoms with E-state index < -0.39 is 12.1 Å². The van der Waals surface area contributed by atoms with Gasteiger partial charge in [-0.2, -0.15) is 18.2 Å². The highest BCUT2D eigenvalue weighted by Gasteiger charge is 2.57. The third-order valence-electron chi connectivity index (χ3n) is 4.46. The predicted octanol–water partition coefficient (Wildman–Crippen LogP) is 3.43. The van der Waals surface area contributed by atoms with Gasteiger partial charge in [-0.05, 0) is 38.0 Å². The fourth-order valence-corrected chi connectivity index (χ4v) is 3.97. The molecule has 0 radical (unpaired) electrons. The number of carboxylic acids is 1. The van der Waals surface area contributed by atoms with E-state index in [4.69, 9.17) is 31.7 Å². The van der Waals surface area contributed by atoms with Crippen LogP contribution in [0.2, 0.25) is 5.02 Å². The third kappa shape index (κ3) is 3.73. The number of halogens is 4. The van der Waals surface area contributed by atoms with Crippen molar-refractivity contribution in [3.8, 4) is 0 Å². The van der Waals surface area contributed by atoms with Crippen LogP contribution in [0.3, 0.4) is 0 Å². The Morgan fingerprint density at radius 1 is 1.38 bits per heavy atom. The minimum Gasteiger partial charge on any atom is -0.475 e. The number of hydrogen-bond acceptors (Lipinski definition) is 5. The van der Waals surface area contributed by atoms with E-state index in [1.165, 1.54) is 0 Å².